The average molecular weight is 436 g/mol. The molecule has 3 aromatic rings. The van der Waals surface area contributed by atoms with Crippen LogP contribution in [-0.2, 0) is 16.1 Å². The molecule has 2 saturated heterocycles. The summed E-state index contributed by atoms with van der Waals surface area (Å²) in [6.45, 7) is 3.99. The van der Waals surface area contributed by atoms with Crippen LogP contribution in [-0.4, -0.2) is 64.3 Å². The molecule has 31 heavy (non-hydrogen) atoms. The second-order valence-electron chi connectivity index (χ2n) is 8.13. The number of hydrogen-bond donors (Lipinski definition) is 0. The molecule has 2 aromatic heterocycles. The minimum Gasteiger partial charge on any atom is -0.346 e. The topological polar surface area (TPSA) is 69.6 Å². The second kappa shape index (κ2) is 8.63. The van der Waals surface area contributed by atoms with E-state index < -0.39 is 0 Å². The highest BCUT2D eigenvalue weighted by Gasteiger charge is 2.37. The summed E-state index contributed by atoms with van der Waals surface area (Å²) in [4.78, 5) is 40.7. The van der Waals surface area contributed by atoms with Crippen LogP contribution in [0.2, 0.25) is 0 Å². The number of nitrogens with zero attached hydrogens (tertiary/aromatic N) is 5. The van der Waals surface area contributed by atoms with E-state index in [0.717, 1.165) is 42.4 Å². The van der Waals surface area contributed by atoms with Crippen molar-refractivity contribution in [3.05, 3.63) is 54.4 Å². The summed E-state index contributed by atoms with van der Waals surface area (Å²) in [5, 5.41) is 1.02. The third kappa shape index (κ3) is 4.25. The van der Waals surface area contributed by atoms with Gasteiger partial charge in [0, 0.05) is 45.3 Å². The van der Waals surface area contributed by atoms with Crippen molar-refractivity contribution < 1.29 is 9.59 Å². The summed E-state index contributed by atoms with van der Waals surface area (Å²) in [6.07, 6.45) is 2.93. The van der Waals surface area contributed by atoms with Gasteiger partial charge < -0.3 is 14.7 Å². The van der Waals surface area contributed by atoms with E-state index in [0.29, 0.717) is 26.1 Å². The van der Waals surface area contributed by atoms with Gasteiger partial charge >= 0.3 is 0 Å². The van der Waals surface area contributed by atoms with Crippen molar-refractivity contribution in [1.82, 2.24) is 19.8 Å². The van der Waals surface area contributed by atoms with Gasteiger partial charge in [-0.3, -0.25) is 14.6 Å². The van der Waals surface area contributed by atoms with Crippen LogP contribution in [0.15, 0.2) is 48.7 Å². The highest BCUT2D eigenvalue weighted by molar-refractivity contribution is 7.22. The number of amides is 2. The van der Waals surface area contributed by atoms with Gasteiger partial charge in [0.2, 0.25) is 11.8 Å². The van der Waals surface area contributed by atoms with E-state index in [2.05, 4.69) is 16.0 Å². The number of fused-ring (bicyclic) bond motifs is 1. The standard InChI is InChI=1S/C23H25N5O2S/c29-21-14-17(15-28(21)16-18-6-3-4-9-24-18)22(30)26-10-5-11-27(13-12-26)23-25-19-7-1-2-8-20(19)31-23/h1-4,6-9,17H,5,10-16H2. The minimum atomic E-state index is -0.259. The molecular weight excluding hydrogens is 410 g/mol. The summed E-state index contributed by atoms with van der Waals surface area (Å²) in [6, 6.07) is 13.9. The van der Waals surface area contributed by atoms with E-state index in [-0.39, 0.29) is 17.7 Å². The Hall–Kier alpha value is -3.00. The SMILES string of the molecule is O=C1CC(C(=O)N2CCCN(c3nc4ccccc4s3)CC2)CN1Cc1ccccn1. The maximum atomic E-state index is 13.2. The molecule has 7 nitrogen and oxygen atoms in total. The van der Waals surface area contributed by atoms with Crippen molar-refractivity contribution in [2.24, 2.45) is 5.92 Å². The number of carbonyl (C=O) groups is 2. The number of pyridine rings is 1. The fraction of sp³-hybridized carbons (Fsp3) is 0.391. The molecule has 0 bridgehead atoms. The van der Waals surface area contributed by atoms with Crippen LogP contribution in [0.3, 0.4) is 0 Å². The maximum absolute atomic E-state index is 13.2. The Morgan fingerprint density at radius 3 is 2.77 bits per heavy atom. The lowest BCUT2D eigenvalue weighted by molar-refractivity contribution is -0.135. The summed E-state index contributed by atoms with van der Waals surface area (Å²) in [5.74, 6) is -0.122. The van der Waals surface area contributed by atoms with Crippen LogP contribution in [0.1, 0.15) is 18.5 Å². The van der Waals surface area contributed by atoms with E-state index in [9.17, 15) is 9.59 Å². The molecule has 8 heteroatoms. The van der Waals surface area contributed by atoms with Crippen molar-refractivity contribution in [3.8, 4) is 0 Å². The summed E-state index contributed by atoms with van der Waals surface area (Å²) in [7, 11) is 0. The van der Waals surface area contributed by atoms with Crippen molar-refractivity contribution >= 4 is 38.5 Å². The first-order valence-electron chi connectivity index (χ1n) is 10.7. The van der Waals surface area contributed by atoms with Crippen molar-refractivity contribution in [2.45, 2.75) is 19.4 Å². The molecule has 2 amide bonds. The predicted molar refractivity (Wildman–Crippen MR) is 121 cm³/mol. The largest absolute Gasteiger partial charge is 0.346 e. The molecule has 2 fully saturated rings. The van der Waals surface area contributed by atoms with Crippen LogP contribution in [0.25, 0.3) is 10.2 Å². The summed E-state index contributed by atoms with van der Waals surface area (Å²) in [5.41, 5.74) is 1.88. The van der Waals surface area contributed by atoms with Crippen LogP contribution < -0.4 is 4.90 Å². The molecule has 1 unspecified atom stereocenters. The van der Waals surface area contributed by atoms with Gasteiger partial charge in [-0.05, 0) is 30.7 Å². The zero-order valence-electron chi connectivity index (χ0n) is 17.3. The monoisotopic (exact) mass is 435 g/mol. The van der Waals surface area contributed by atoms with E-state index in [4.69, 9.17) is 4.98 Å². The number of likely N-dealkylation sites (tertiary alicyclic amines) is 1. The zero-order valence-corrected chi connectivity index (χ0v) is 18.1. The lowest BCUT2D eigenvalue weighted by Gasteiger charge is -2.24. The van der Waals surface area contributed by atoms with Gasteiger partial charge in [-0.25, -0.2) is 4.98 Å². The number of benzene rings is 1. The summed E-state index contributed by atoms with van der Waals surface area (Å²) < 4.78 is 1.19. The number of rotatable bonds is 4. The number of carbonyl (C=O) groups excluding carboxylic acids is 2. The van der Waals surface area contributed by atoms with Crippen LogP contribution in [0, 0.1) is 5.92 Å². The molecule has 160 valence electrons. The lowest BCUT2D eigenvalue weighted by Crippen LogP contribution is -2.40. The Bertz CT molecular complexity index is 1050. The molecule has 0 saturated carbocycles. The van der Waals surface area contributed by atoms with Crippen LogP contribution in [0.4, 0.5) is 5.13 Å². The average Bonchev–Trinajstić information content (AvgIpc) is 3.29. The fourth-order valence-corrected chi connectivity index (χ4v) is 5.38. The van der Waals surface area contributed by atoms with Gasteiger partial charge in [0.05, 0.1) is 28.4 Å². The molecule has 0 spiro atoms. The Morgan fingerprint density at radius 1 is 1.06 bits per heavy atom. The van der Waals surface area contributed by atoms with Gasteiger partial charge in [0.15, 0.2) is 5.13 Å². The first-order chi connectivity index (χ1) is 15.2. The summed E-state index contributed by atoms with van der Waals surface area (Å²) >= 11 is 1.70. The fourth-order valence-electron chi connectivity index (χ4n) is 4.36. The Kier molecular flexibility index (Phi) is 5.55. The second-order valence-corrected chi connectivity index (χ2v) is 9.14. The molecule has 1 aromatic carbocycles. The molecule has 0 N–H and O–H groups in total. The van der Waals surface area contributed by atoms with E-state index in [1.807, 2.05) is 41.3 Å². The Morgan fingerprint density at radius 2 is 1.94 bits per heavy atom. The first-order valence-corrected chi connectivity index (χ1v) is 11.6. The zero-order chi connectivity index (χ0) is 21.2. The van der Waals surface area contributed by atoms with Crippen molar-refractivity contribution in [2.75, 3.05) is 37.6 Å². The minimum absolute atomic E-state index is 0.0370. The molecule has 0 radical (unpaired) electrons. The number of thiazole rings is 1. The smallest absolute Gasteiger partial charge is 0.228 e. The number of hydrogen-bond acceptors (Lipinski definition) is 6. The quantitative estimate of drug-likeness (QED) is 0.630. The van der Waals surface area contributed by atoms with Gasteiger partial charge in [-0.2, -0.15) is 0 Å². The molecule has 2 aliphatic heterocycles. The molecule has 4 heterocycles. The first kappa shape index (κ1) is 19.9. The normalized spacial score (nSPS) is 19.8. The Labute approximate surface area is 185 Å². The van der Waals surface area contributed by atoms with Gasteiger partial charge in [-0.1, -0.05) is 29.5 Å². The van der Waals surface area contributed by atoms with Gasteiger partial charge in [0.1, 0.15) is 0 Å². The molecule has 1 atom stereocenters. The third-order valence-electron chi connectivity index (χ3n) is 6.00. The van der Waals surface area contributed by atoms with Gasteiger partial charge in [0.25, 0.3) is 0 Å². The van der Waals surface area contributed by atoms with E-state index in [1.54, 1.807) is 22.4 Å². The van der Waals surface area contributed by atoms with Crippen LogP contribution in [0.5, 0.6) is 0 Å². The molecule has 5 rings (SSSR count). The molecule has 2 aliphatic rings. The highest BCUT2D eigenvalue weighted by atomic mass is 32.1. The lowest BCUT2D eigenvalue weighted by atomic mass is 10.1. The Balaban J connectivity index is 1.21. The predicted octanol–water partition coefficient (Wildman–Crippen LogP) is 2.78. The van der Waals surface area contributed by atoms with Gasteiger partial charge in [-0.15, -0.1) is 0 Å². The number of aromatic nitrogens is 2. The molecular formula is C23H25N5O2S. The van der Waals surface area contributed by atoms with E-state index in [1.165, 1.54) is 4.70 Å². The maximum Gasteiger partial charge on any atom is 0.228 e. The molecule has 0 aliphatic carbocycles. The van der Waals surface area contributed by atoms with Crippen molar-refractivity contribution in [3.63, 3.8) is 0 Å². The van der Waals surface area contributed by atoms with Crippen molar-refractivity contribution in [1.29, 1.82) is 0 Å². The van der Waals surface area contributed by atoms with Crippen LogP contribution >= 0.6 is 11.3 Å². The van der Waals surface area contributed by atoms with E-state index >= 15 is 0 Å². The number of para-hydroxylation sites is 1. The highest BCUT2D eigenvalue weighted by Crippen LogP contribution is 2.29. The number of anilines is 1. The third-order valence-corrected chi connectivity index (χ3v) is 7.10.